The second kappa shape index (κ2) is 9.92. The quantitative estimate of drug-likeness (QED) is 0.260. The number of hydrogen-bond acceptors (Lipinski definition) is 2. The molecule has 41 heavy (non-hydrogen) atoms. The Bertz CT molecular complexity index is 2150. The van der Waals surface area contributed by atoms with Crippen LogP contribution in [0.25, 0.3) is 23.3 Å². The summed E-state index contributed by atoms with van der Waals surface area (Å²) in [5.41, 5.74) is 9.84. The lowest BCUT2D eigenvalue weighted by Crippen LogP contribution is -2.16. The standard InChI is InChI=1S/C35H28N4O2/c1-21-3-5-22(6-4-21)33-29-15-13-27(37-29)19-25-11-12-26(36-25)20-28-14-16-30(38-28)34(32-18-17-31(33)39-32)23-7-9-24(10-8-23)35(40)41-2/h3-20,36-39H,1-2H3. The zero-order valence-electron chi connectivity index (χ0n) is 22.7. The Morgan fingerprint density at radius 2 is 1.07 bits per heavy atom. The van der Waals surface area contributed by atoms with Gasteiger partial charge >= 0.3 is 5.97 Å². The van der Waals surface area contributed by atoms with Gasteiger partial charge in [-0.15, -0.1) is 0 Å². The van der Waals surface area contributed by atoms with E-state index in [2.05, 4.69) is 112 Å². The van der Waals surface area contributed by atoms with Gasteiger partial charge in [-0.3, -0.25) is 0 Å². The van der Waals surface area contributed by atoms with Crippen molar-refractivity contribution >= 4 is 29.3 Å². The lowest BCUT2D eigenvalue weighted by Gasteiger charge is -2.09. The first-order valence-electron chi connectivity index (χ1n) is 13.5. The number of benzene rings is 2. The second-order valence-corrected chi connectivity index (χ2v) is 10.3. The molecule has 0 saturated heterocycles. The molecule has 2 aromatic carbocycles. The normalized spacial score (nSPS) is 12.5. The minimum absolute atomic E-state index is 0.358. The van der Waals surface area contributed by atoms with Gasteiger partial charge in [0.25, 0.3) is 0 Å². The Morgan fingerprint density at radius 1 is 0.561 bits per heavy atom. The number of esters is 1. The fraction of sp³-hybridized carbons (Fsp3) is 0.0571. The molecule has 0 unspecified atom stereocenters. The molecule has 0 aliphatic carbocycles. The first-order valence-corrected chi connectivity index (χ1v) is 13.5. The highest BCUT2D eigenvalue weighted by Crippen LogP contribution is 2.26. The van der Waals surface area contributed by atoms with E-state index in [-0.39, 0.29) is 5.97 Å². The third kappa shape index (κ3) is 4.66. The smallest absolute Gasteiger partial charge is 0.337 e. The molecule has 6 aromatic rings. The summed E-state index contributed by atoms with van der Waals surface area (Å²) < 4.78 is 4.91. The van der Waals surface area contributed by atoms with Crippen LogP contribution in [0.1, 0.15) is 49.8 Å². The van der Waals surface area contributed by atoms with Gasteiger partial charge in [-0.2, -0.15) is 0 Å². The Kier molecular flexibility index (Phi) is 5.94. The van der Waals surface area contributed by atoms with E-state index in [1.54, 1.807) is 12.1 Å². The lowest BCUT2D eigenvalue weighted by atomic mass is 10.0. The van der Waals surface area contributed by atoms with Crippen LogP contribution in [0.4, 0.5) is 0 Å². The van der Waals surface area contributed by atoms with E-state index in [4.69, 9.17) is 4.74 Å². The number of aromatic amines is 4. The average molecular weight is 537 g/mol. The summed E-state index contributed by atoms with van der Waals surface area (Å²) in [6.07, 6.45) is 4.21. The number of hydrogen-bond donors (Lipinski definition) is 4. The minimum atomic E-state index is -0.358. The summed E-state index contributed by atoms with van der Waals surface area (Å²) in [6.45, 7) is 2.10. The van der Waals surface area contributed by atoms with Crippen LogP contribution in [0.3, 0.4) is 0 Å². The van der Waals surface area contributed by atoms with Crippen molar-refractivity contribution in [2.24, 2.45) is 0 Å². The summed E-state index contributed by atoms with van der Waals surface area (Å²) in [5.74, 6) is -0.358. The molecule has 0 amide bonds. The van der Waals surface area contributed by atoms with E-state index in [0.29, 0.717) is 5.56 Å². The number of aromatic nitrogens is 4. The summed E-state index contributed by atoms with van der Waals surface area (Å²) in [6, 6.07) is 32.9. The van der Waals surface area contributed by atoms with E-state index in [0.717, 1.165) is 66.4 Å². The number of fused-ring (bicyclic) bond motifs is 8. The maximum Gasteiger partial charge on any atom is 0.337 e. The molecule has 0 saturated carbocycles. The Balaban J connectivity index is 1.52. The molecule has 4 aromatic heterocycles. The fourth-order valence-corrected chi connectivity index (χ4v) is 5.43. The van der Waals surface area contributed by atoms with Crippen LogP contribution in [0.5, 0.6) is 0 Å². The first-order chi connectivity index (χ1) is 20.0. The van der Waals surface area contributed by atoms with Crippen molar-refractivity contribution in [3.63, 3.8) is 0 Å². The molecule has 1 aliphatic rings. The van der Waals surface area contributed by atoms with Gasteiger partial charge in [0.15, 0.2) is 0 Å². The van der Waals surface area contributed by atoms with Crippen LogP contribution in [0, 0.1) is 6.92 Å². The van der Waals surface area contributed by atoms with Crippen LogP contribution < -0.4 is 21.4 Å². The monoisotopic (exact) mass is 536 g/mol. The molecule has 0 spiro atoms. The number of carbonyl (C=O) groups excluding carboxylic acids is 1. The van der Waals surface area contributed by atoms with Gasteiger partial charge in [0.05, 0.1) is 12.7 Å². The fourth-order valence-electron chi connectivity index (χ4n) is 5.43. The van der Waals surface area contributed by atoms with Gasteiger partial charge < -0.3 is 24.7 Å². The number of methoxy groups -OCH3 is 1. The molecule has 6 nitrogen and oxygen atoms in total. The number of aryl methyl sites for hydroxylation is 1. The first kappa shape index (κ1) is 24.5. The van der Waals surface area contributed by atoms with Crippen molar-refractivity contribution in [3.05, 3.63) is 163 Å². The van der Waals surface area contributed by atoms with Gasteiger partial charge in [0.2, 0.25) is 0 Å². The SMILES string of the molecule is COC(=O)c1ccc(C2=c3ccc([nH]3)=Cc3ccc([nH]3)C=c3ccc([nH]3)=C(c3ccc(C)cc3)c3ccc2[nH]3)cc1. The Hall–Kier alpha value is -5.49. The van der Waals surface area contributed by atoms with E-state index >= 15 is 0 Å². The van der Waals surface area contributed by atoms with Crippen molar-refractivity contribution in [2.75, 3.05) is 7.11 Å². The second-order valence-electron chi connectivity index (χ2n) is 10.3. The van der Waals surface area contributed by atoms with E-state index in [9.17, 15) is 4.79 Å². The van der Waals surface area contributed by atoms with Crippen LogP contribution in [-0.2, 0) is 4.74 Å². The minimum Gasteiger partial charge on any atom is -0.465 e. The topological polar surface area (TPSA) is 89.5 Å². The van der Waals surface area contributed by atoms with Gasteiger partial charge in [-0.25, -0.2) is 4.79 Å². The number of carbonyl (C=O) groups is 1. The van der Waals surface area contributed by atoms with E-state index in [1.807, 2.05) is 12.1 Å². The zero-order chi connectivity index (χ0) is 27.9. The molecule has 1 aliphatic heterocycles. The van der Waals surface area contributed by atoms with E-state index in [1.165, 1.54) is 12.7 Å². The van der Waals surface area contributed by atoms with Crippen LogP contribution in [-0.4, -0.2) is 33.0 Å². The molecule has 7 rings (SSSR count). The highest BCUT2D eigenvalue weighted by atomic mass is 16.5. The molecule has 0 atom stereocenters. The predicted molar refractivity (Wildman–Crippen MR) is 161 cm³/mol. The molecule has 5 heterocycles. The third-order valence-corrected chi connectivity index (χ3v) is 7.47. The number of H-pyrrole nitrogens is 4. The average Bonchev–Trinajstić information content (AvgIpc) is 3.81. The summed E-state index contributed by atoms with van der Waals surface area (Å²) in [4.78, 5) is 26.5. The van der Waals surface area contributed by atoms with Gasteiger partial charge in [0, 0.05) is 55.3 Å². The molecule has 4 N–H and O–H groups in total. The summed E-state index contributed by atoms with van der Waals surface area (Å²) in [5, 5.41) is 3.96. The molecular weight excluding hydrogens is 508 g/mol. The Morgan fingerprint density at radius 3 is 1.59 bits per heavy atom. The number of ether oxygens (including phenoxy) is 1. The van der Waals surface area contributed by atoms with Crippen molar-refractivity contribution in [1.29, 1.82) is 0 Å². The molecule has 8 bridgehead atoms. The van der Waals surface area contributed by atoms with Gasteiger partial charge in [-0.05, 0) is 90.9 Å². The maximum absolute atomic E-state index is 12.1. The van der Waals surface area contributed by atoms with Crippen LogP contribution >= 0.6 is 0 Å². The van der Waals surface area contributed by atoms with Crippen molar-refractivity contribution in [2.45, 2.75) is 6.92 Å². The molecule has 6 heteroatoms. The van der Waals surface area contributed by atoms with Crippen molar-refractivity contribution in [3.8, 4) is 0 Å². The van der Waals surface area contributed by atoms with Gasteiger partial charge in [0.1, 0.15) is 0 Å². The molecule has 0 fully saturated rings. The molecule has 0 radical (unpaired) electrons. The third-order valence-electron chi connectivity index (χ3n) is 7.47. The Labute approximate surface area is 236 Å². The van der Waals surface area contributed by atoms with Crippen molar-refractivity contribution < 1.29 is 9.53 Å². The van der Waals surface area contributed by atoms with Gasteiger partial charge in [-0.1, -0.05) is 42.0 Å². The predicted octanol–water partition coefficient (Wildman–Crippen LogP) is 3.56. The summed E-state index contributed by atoms with van der Waals surface area (Å²) in [7, 11) is 1.39. The van der Waals surface area contributed by atoms with Crippen molar-refractivity contribution in [1.82, 2.24) is 19.9 Å². The van der Waals surface area contributed by atoms with Crippen LogP contribution in [0.2, 0.25) is 0 Å². The number of rotatable bonds is 3. The van der Waals surface area contributed by atoms with E-state index < -0.39 is 0 Å². The highest BCUT2D eigenvalue weighted by molar-refractivity contribution is 5.90. The lowest BCUT2D eigenvalue weighted by molar-refractivity contribution is 0.0600. The molecular formula is C35H28N4O2. The zero-order valence-corrected chi connectivity index (χ0v) is 22.7. The maximum atomic E-state index is 12.1. The molecule has 200 valence electrons. The highest BCUT2D eigenvalue weighted by Gasteiger charge is 2.15. The largest absolute Gasteiger partial charge is 0.465 e. The summed E-state index contributed by atoms with van der Waals surface area (Å²) >= 11 is 0. The number of nitrogens with one attached hydrogen (secondary N) is 4. The van der Waals surface area contributed by atoms with Crippen LogP contribution in [0.15, 0.2) is 97.1 Å².